The third kappa shape index (κ3) is 0.255. The van der Waals surface area contributed by atoms with Crippen LogP contribution in [0, 0.1) is 6.92 Å². The highest BCUT2D eigenvalue weighted by Gasteiger charge is 2.16. The average Bonchev–Trinajstić information content (AvgIpc) is 2.44. The molecule has 0 spiro atoms. The van der Waals surface area contributed by atoms with E-state index in [1.807, 2.05) is 4.52 Å². The Balaban J connectivity index is 2.79. The molecule has 5 aromatic rings. The molecule has 0 atom stereocenters. The summed E-state index contributed by atoms with van der Waals surface area (Å²) in [5, 5.41) is 7.89. The summed E-state index contributed by atoms with van der Waals surface area (Å²) in [7, 11) is 0. The predicted molar refractivity (Wildman–Crippen MR) is 37.6 cm³/mol. The van der Waals surface area contributed by atoms with E-state index in [4.69, 9.17) is 0 Å². The van der Waals surface area contributed by atoms with Crippen molar-refractivity contribution in [1.82, 2.24) is 14.8 Å². The van der Waals surface area contributed by atoms with Gasteiger partial charge in [-0.1, -0.05) is 11.3 Å². The zero-order valence-corrected chi connectivity index (χ0v) is 5.50. The largest absolute Gasteiger partial charge is 0.210 e. The van der Waals surface area contributed by atoms with Crippen LogP contribution in [0.1, 0.15) is 5.56 Å². The molecule has 0 aliphatic rings. The van der Waals surface area contributed by atoms with E-state index in [1.54, 1.807) is 0 Å². The second-order valence-corrected chi connectivity index (χ2v) is 2.60. The monoisotopic (exact) mass is 131 g/mol. The van der Waals surface area contributed by atoms with Crippen LogP contribution in [0.3, 0.4) is 0 Å². The molecule has 5 rings (SSSR count). The minimum Gasteiger partial charge on any atom is -0.210 e. The fraction of sp³-hybridized carbons (Fsp3) is 0.143. The molecular weight excluding hydrogens is 126 g/mol. The lowest BCUT2D eigenvalue weighted by atomic mass is 10.1. The Morgan fingerprint density at radius 2 is 2.30 bits per heavy atom. The van der Waals surface area contributed by atoms with Crippen LogP contribution >= 0.6 is 0 Å². The molecule has 0 saturated heterocycles. The third-order valence-corrected chi connectivity index (χ3v) is 2.01. The van der Waals surface area contributed by atoms with E-state index in [0.717, 1.165) is 11.0 Å². The topological polar surface area (TPSA) is 30.2 Å². The number of aryl methyl sites for hydroxylation is 1. The molecule has 4 aromatic heterocycles. The van der Waals surface area contributed by atoms with Gasteiger partial charge >= 0.3 is 0 Å². The number of benzene rings is 1. The van der Waals surface area contributed by atoms with Gasteiger partial charge in [0.25, 0.3) is 0 Å². The highest BCUT2D eigenvalue weighted by Crippen LogP contribution is 2.27. The maximum atomic E-state index is 3.97. The second kappa shape index (κ2) is 1.08. The highest BCUT2D eigenvalue weighted by molar-refractivity contribution is 6.00. The quantitative estimate of drug-likeness (QED) is 0.456. The summed E-state index contributed by atoms with van der Waals surface area (Å²) in [5.74, 6) is 0. The van der Waals surface area contributed by atoms with Gasteiger partial charge in [0.05, 0.1) is 11.0 Å². The molecular formula is C7H5N3. The van der Waals surface area contributed by atoms with Crippen molar-refractivity contribution < 1.29 is 0 Å². The summed E-state index contributed by atoms with van der Waals surface area (Å²) < 4.78 is 1.88. The number of rotatable bonds is 0. The Morgan fingerprint density at radius 1 is 1.40 bits per heavy atom. The summed E-state index contributed by atoms with van der Waals surface area (Å²) in [6, 6.07) is 4.15. The first-order chi connectivity index (χ1) is 4.88. The van der Waals surface area contributed by atoms with E-state index in [0.29, 0.717) is 0 Å². The first-order valence-electron chi connectivity index (χ1n) is 3.23. The van der Waals surface area contributed by atoms with E-state index >= 15 is 0 Å². The maximum absolute atomic E-state index is 3.97. The van der Waals surface area contributed by atoms with Gasteiger partial charge in [0, 0.05) is 0 Å². The van der Waals surface area contributed by atoms with E-state index < -0.39 is 0 Å². The van der Waals surface area contributed by atoms with Crippen LogP contribution < -0.4 is 0 Å². The molecule has 0 fully saturated rings. The molecule has 48 valence electrons. The molecule has 3 nitrogen and oxygen atoms in total. The predicted octanol–water partition coefficient (Wildman–Crippen LogP) is 1.07. The Bertz CT molecular complexity index is 438. The minimum absolute atomic E-state index is 1.07. The zero-order chi connectivity index (χ0) is 6.72. The summed E-state index contributed by atoms with van der Waals surface area (Å²) in [6.45, 7) is 2.07. The standard InChI is InChI=1S/C7H5N3/c1-4-2-3-5-6-7(4)10(5)9-8-6/h2-3H,1H3. The molecule has 0 aliphatic heterocycles. The zero-order valence-electron chi connectivity index (χ0n) is 5.50. The van der Waals surface area contributed by atoms with Crippen molar-refractivity contribution in [3.63, 3.8) is 0 Å². The molecule has 4 bridgehead atoms. The molecule has 3 heteroatoms. The van der Waals surface area contributed by atoms with Gasteiger partial charge in [-0.2, -0.15) is 0 Å². The van der Waals surface area contributed by atoms with Gasteiger partial charge in [-0.3, -0.25) is 0 Å². The van der Waals surface area contributed by atoms with Gasteiger partial charge in [0.2, 0.25) is 0 Å². The van der Waals surface area contributed by atoms with Gasteiger partial charge in [-0.15, -0.1) is 5.10 Å². The number of nitrogens with zero attached hydrogens (tertiary/aromatic N) is 3. The number of hydrogen-bond acceptors (Lipinski definition) is 2. The van der Waals surface area contributed by atoms with E-state index in [9.17, 15) is 0 Å². The second-order valence-electron chi connectivity index (χ2n) is 2.60. The summed E-state index contributed by atoms with van der Waals surface area (Å²) >= 11 is 0. The van der Waals surface area contributed by atoms with Crippen molar-refractivity contribution >= 4 is 16.6 Å². The van der Waals surface area contributed by atoms with Crippen molar-refractivity contribution in [2.75, 3.05) is 0 Å². The van der Waals surface area contributed by atoms with E-state index in [2.05, 4.69) is 29.4 Å². The lowest BCUT2D eigenvalue weighted by molar-refractivity contribution is 0.906. The first-order valence-corrected chi connectivity index (χ1v) is 3.23. The van der Waals surface area contributed by atoms with E-state index in [-0.39, 0.29) is 0 Å². The van der Waals surface area contributed by atoms with Gasteiger partial charge in [-0.05, 0) is 18.6 Å². The molecule has 10 heavy (non-hydrogen) atoms. The van der Waals surface area contributed by atoms with Gasteiger partial charge in [0.15, 0.2) is 0 Å². The van der Waals surface area contributed by atoms with Crippen molar-refractivity contribution in [3.8, 4) is 0 Å². The first kappa shape index (κ1) is 4.44. The average molecular weight is 131 g/mol. The van der Waals surface area contributed by atoms with E-state index in [1.165, 1.54) is 11.1 Å². The number of hydrogen-bond donors (Lipinski definition) is 0. The number of pyridine rings is 1. The molecule has 0 aliphatic carbocycles. The Morgan fingerprint density at radius 3 is 2.80 bits per heavy atom. The molecule has 1 aromatic carbocycles. The summed E-state index contributed by atoms with van der Waals surface area (Å²) in [4.78, 5) is 0. The normalized spacial score (nSPS) is 12.5. The van der Waals surface area contributed by atoms with Crippen LogP contribution in [0.2, 0.25) is 0 Å². The molecule has 0 N–H and O–H groups in total. The van der Waals surface area contributed by atoms with Crippen molar-refractivity contribution in [1.29, 1.82) is 0 Å². The summed E-state index contributed by atoms with van der Waals surface area (Å²) in [6.07, 6.45) is 0. The molecule has 0 radical (unpaired) electrons. The fourth-order valence-electron chi connectivity index (χ4n) is 1.46. The number of aromatic nitrogens is 3. The smallest absolute Gasteiger partial charge is 0.139 e. The maximum Gasteiger partial charge on any atom is 0.139 e. The summed E-state index contributed by atoms with van der Waals surface area (Å²) in [5.41, 5.74) is 4.67. The molecule has 0 saturated carbocycles. The van der Waals surface area contributed by atoms with Crippen LogP contribution in [-0.4, -0.2) is 14.8 Å². The SMILES string of the molecule is Cc1ccc2c3nnn2c13. The van der Waals surface area contributed by atoms with Crippen LogP contribution in [0.15, 0.2) is 12.1 Å². The van der Waals surface area contributed by atoms with Gasteiger partial charge < -0.3 is 0 Å². The van der Waals surface area contributed by atoms with Crippen molar-refractivity contribution in [2.24, 2.45) is 0 Å². The molecule has 0 amide bonds. The van der Waals surface area contributed by atoms with Gasteiger partial charge in [-0.25, -0.2) is 4.52 Å². The Hall–Kier alpha value is -1.38. The van der Waals surface area contributed by atoms with Crippen LogP contribution in [0.5, 0.6) is 0 Å². The van der Waals surface area contributed by atoms with Crippen LogP contribution in [0.4, 0.5) is 0 Å². The lowest BCUT2D eigenvalue weighted by Gasteiger charge is -2.05. The van der Waals surface area contributed by atoms with Crippen molar-refractivity contribution in [3.05, 3.63) is 17.7 Å². The Labute approximate surface area is 56.9 Å². The van der Waals surface area contributed by atoms with Gasteiger partial charge in [0.1, 0.15) is 5.52 Å². The Kier molecular flexibility index (Phi) is 0.477. The van der Waals surface area contributed by atoms with Crippen LogP contribution in [-0.2, 0) is 0 Å². The highest BCUT2D eigenvalue weighted by atomic mass is 15.4. The minimum atomic E-state index is 1.07. The van der Waals surface area contributed by atoms with Crippen molar-refractivity contribution in [2.45, 2.75) is 6.92 Å². The lowest BCUT2D eigenvalue weighted by Crippen LogP contribution is -1.95. The number of fused-ring (bicyclic) bond motifs is 3. The third-order valence-electron chi connectivity index (χ3n) is 2.01. The fourth-order valence-corrected chi connectivity index (χ4v) is 1.46. The van der Waals surface area contributed by atoms with Crippen LogP contribution in [0.25, 0.3) is 16.6 Å². The molecule has 4 heterocycles. The molecule has 0 unspecified atom stereocenters.